The molecule has 0 bridgehead atoms. The summed E-state index contributed by atoms with van der Waals surface area (Å²) in [6, 6.07) is 19.1. The summed E-state index contributed by atoms with van der Waals surface area (Å²) in [7, 11) is 0. The van der Waals surface area contributed by atoms with Crippen molar-refractivity contribution in [3.05, 3.63) is 60.2 Å². The molecule has 0 amide bonds. The van der Waals surface area contributed by atoms with Crippen LogP contribution >= 0.6 is 0 Å². The smallest absolute Gasteiger partial charge is 0.102 e. The van der Waals surface area contributed by atoms with Crippen molar-refractivity contribution >= 4 is 17.2 Å². The van der Waals surface area contributed by atoms with Crippen LogP contribution in [0.25, 0.3) is 0 Å². The molecule has 0 fully saturated rings. The second-order valence-electron chi connectivity index (χ2n) is 5.26. The van der Waals surface area contributed by atoms with Crippen LogP contribution in [0.2, 0.25) is 0 Å². The molecule has 20 heavy (non-hydrogen) atoms. The number of benzene rings is 2. The van der Waals surface area contributed by atoms with E-state index in [-0.39, 0.29) is 0 Å². The Morgan fingerprint density at radius 2 is 1.80 bits per heavy atom. The molecule has 0 saturated heterocycles. The molecule has 0 saturated carbocycles. The second kappa shape index (κ2) is 5.37. The lowest BCUT2D eigenvalue weighted by atomic mass is 10.1. The third-order valence-electron chi connectivity index (χ3n) is 3.69. The van der Waals surface area contributed by atoms with E-state index in [1.807, 2.05) is 18.2 Å². The zero-order valence-corrected chi connectivity index (χ0v) is 11.7. The fourth-order valence-corrected chi connectivity index (χ4v) is 2.67. The Morgan fingerprint density at radius 3 is 2.60 bits per heavy atom. The Hall–Kier alpha value is -2.29. The van der Waals surface area contributed by atoms with Crippen molar-refractivity contribution in [1.82, 2.24) is 0 Å². The fraction of sp³-hybridized carbons (Fsp3) is 0.235. The molecule has 1 atom stereocenters. The standard InChI is InChI=1S/C17H19N3/c1-13-11-17(18)19-15-9-5-6-10-16(15)20(13)12-14-7-3-2-4-8-14/h2-10,13H,11-12H2,1H3,(H2,18,19). The van der Waals surface area contributed by atoms with Crippen LogP contribution in [0.5, 0.6) is 0 Å². The van der Waals surface area contributed by atoms with Crippen LogP contribution in [0.15, 0.2) is 59.6 Å². The minimum absolute atomic E-state index is 0.336. The van der Waals surface area contributed by atoms with E-state index >= 15 is 0 Å². The SMILES string of the molecule is CC1CC(N)=Nc2ccccc2N1Cc1ccccc1. The monoisotopic (exact) mass is 265 g/mol. The predicted molar refractivity (Wildman–Crippen MR) is 84.4 cm³/mol. The molecule has 3 rings (SSSR count). The quantitative estimate of drug-likeness (QED) is 0.903. The lowest BCUT2D eigenvalue weighted by molar-refractivity contribution is 0.655. The van der Waals surface area contributed by atoms with E-state index < -0.39 is 0 Å². The molecule has 2 aromatic carbocycles. The first-order chi connectivity index (χ1) is 9.74. The fourth-order valence-electron chi connectivity index (χ4n) is 2.67. The van der Waals surface area contributed by atoms with Gasteiger partial charge >= 0.3 is 0 Å². The normalized spacial score (nSPS) is 18.1. The van der Waals surface area contributed by atoms with Gasteiger partial charge in [0.1, 0.15) is 5.84 Å². The third kappa shape index (κ3) is 2.52. The van der Waals surface area contributed by atoms with Crippen molar-refractivity contribution in [2.75, 3.05) is 4.90 Å². The summed E-state index contributed by atoms with van der Waals surface area (Å²) in [5.41, 5.74) is 9.44. The summed E-state index contributed by atoms with van der Waals surface area (Å²) in [6.07, 6.45) is 0.793. The van der Waals surface area contributed by atoms with Gasteiger partial charge in [0, 0.05) is 19.0 Å². The summed E-state index contributed by atoms with van der Waals surface area (Å²) in [5.74, 6) is 0.709. The first-order valence-electron chi connectivity index (χ1n) is 6.96. The van der Waals surface area contributed by atoms with Crippen LogP contribution in [0.1, 0.15) is 18.9 Å². The van der Waals surface area contributed by atoms with Gasteiger partial charge in [-0.3, -0.25) is 0 Å². The average molecular weight is 265 g/mol. The molecule has 102 valence electrons. The zero-order chi connectivity index (χ0) is 13.9. The highest BCUT2D eigenvalue weighted by Gasteiger charge is 2.21. The average Bonchev–Trinajstić information content (AvgIpc) is 2.57. The van der Waals surface area contributed by atoms with E-state index in [1.165, 1.54) is 5.56 Å². The number of nitrogens with zero attached hydrogens (tertiary/aromatic N) is 2. The number of aliphatic imine (C=N–C) groups is 1. The second-order valence-corrected chi connectivity index (χ2v) is 5.26. The van der Waals surface area contributed by atoms with E-state index in [0.717, 1.165) is 24.3 Å². The maximum Gasteiger partial charge on any atom is 0.102 e. The Bertz CT molecular complexity index is 619. The van der Waals surface area contributed by atoms with Crippen molar-refractivity contribution in [2.24, 2.45) is 10.7 Å². The van der Waals surface area contributed by atoms with E-state index in [0.29, 0.717) is 11.9 Å². The number of amidine groups is 1. The van der Waals surface area contributed by atoms with Gasteiger partial charge in [0.05, 0.1) is 11.4 Å². The number of para-hydroxylation sites is 2. The number of hydrogen-bond donors (Lipinski definition) is 1. The Morgan fingerprint density at radius 1 is 1.10 bits per heavy atom. The molecule has 0 aliphatic carbocycles. The molecular weight excluding hydrogens is 246 g/mol. The summed E-state index contributed by atoms with van der Waals surface area (Å²) < 4.78 is 0. The first kappa shape index (κ1) is 12.7. The first-order valence-corrected chi connectivity index (χ1v) is 6.96. The number of nitrogens with two attached hydrogens (primary N) is 1. The predicted octanol–water partition coefficient (Wildman–Crippen LogP) is 3.47. The summed E-state index contributed by atoms with van der Waals surface area (Å²) in [4.78, 5) is 6.92. The summed E-state index contributed by atoms with van der Waals surface area (Å²) in [6.45, 7) is 3.08. The van der Waals surface area contributed by atoms with Gasteiger partial charge < -0.3 is 10.6 Å². The minimum atomic E-state index is 0.336. The van der Waals surface area contributed by atoms with E-state index in [4.69, 9.17) is 5.73 Å². The highest BCUT2D eigenvalue weighted by atomic mass is 15.2. The number of hydrogen-bond acceptors (Lipinski definition) is 3. The molecule has 3 heteroatoms. The van der Waals surface area contributed by atoms with Gasteiger partial charge in [0.2, 0.25) is 0 Å². The van der Waals surface area contributed by atoms with Crippen molar-refractivity contribution < 1.29 is 0 Å². The third-order valence-corrected chi connectivity index (χ3v) is 3.69. The molecule has 0 radical (unpaired) electrons. The van der Waals surface area contributed by atoms with Gasteiger partial charge in [0.25, 0.3) is 0 Å². The Kier molecular flexibility index (Phi) is 3.42. The van der Waals surface area contributed by atoms with Crippen molar-refractivity contribution in [3.8, 4) is 0 Å². The lowest BCUT2D eigenvalue weighted by Gasteiger charge is -2.30. The van der Waals surface area contributed by atoms with Gasteiger partial charge in [-0.2, -0.15) is 0 Å². The van der Waals surface area contributed by atoms with Crippen LogP contribution in [-0.2, 0) is 6.54 Å². The Labute approximate surface area is 119 Å². The van der Waals surface area contributed by atoms with E-state index in [2.05, 4.69) is 53.2 Å². The van der Waals surface area contributed by atoms with Crippen LogP contribution in [0.3, 0.4) is 0 Å². The highest BCUT2D eigenvalue weighted by molar-refractivity contribution is 5.88. The highest BCUT2D eigenvalue weighted by Crippen LogP contribution is 2.34. The number of rotatable bonds is 2. The topological polar surface area (TPSA) is 41.6 Å². The van der Waals surface area contributed by atoms with Crippen molar-refractivity contribution in [3.63, 3.8) is 0 Å². The molecule has 0 aromatic heterocycles. The maximum atomic E-state index is 6.02. The van der Waals surface area contributed by atoms with Crippen molar-refractivity contribution in [1.29, 1.82) is 0 Å². The molecule has 1 heterocycles. The Balaban J connectivity index is 1.98. The zero-order valence-electron chi connectivity index (χ0n) is 11.7. The van der Waals surface area contributed by atoms with Gasteiger partial charge in [0.15, 0.2) is 0 Å². The minimum Gasteiger partial charge on any atom is -0.387 e. The molecule has 3 nitrogen and oxygen atoms in total. The van der Waals surface area contributed by atoms with Crippen LogP contribution < -0.4 is 10.6 Å². The van der Waals surface area contributed by atoms with Crippen LogP contribution in [0.4, 0.5) is 11.4 Å². The summed E-state index contributed by atoms with van der Waals surface area (Å²) in [5, 5.41) is 0. The summed E-state index contributed by atoms with van der Waals surface area (Å²) >= 11 is 0. The number of anilines is 1. The van der Waals surface area contributed by atoms with E-state index in [9.17, 15) is 0 Å². The van der Waals surface area contributed by atoms with Crippen LogP contribution in [0, 0.1) is 0 Å². The van der Waals surface area contributed by atoms with Gasteiger partial charge in [-0.05, 0) is 24.6 Å². The number of fused-ring (bicyclic) bond motifs is 1. The molecular formula is C17H19N3. The van der Waals surface area contributed by atoms with Crippen molar-refractivity contribution in [2.45, 2.75) is 25.9 Å². The molecule has 2 N–H and O–H groups in total. The van der Waals surface area contributed by atoms with Crippen LogP contribution in [-0.4, -0.2) is 11.9 Å². The van der Waals surface area contributed by atoms with E-state index in [1.54, 1.807) is 0 Å². The lowest BCUT2D eigenvalue weighted by Crippen LogP contribution is -2.34. The molecule has 1 unspecified atom stereocenters. The molecule has 1 aliphatic rings. The molecule has 2 aromatic rings. The van der Waals surface area contributed by atoms with Gasteiger partial charge in [-0.1, -0.05) is 42.5 Å². The van der Waals surface area contributed by atoms with Gasteiger partial charge in [-0.25, -0.2) is 4.99 Å². The van der Waals surface area contributed by atoms with Gasteiger partial charge in [-0.15, -0.1) is 0 Å². The largest absolute Gasteiger partial charge is 0.387 e. The maximum absolute atomic E-state index is 6.02. The molecule has 0 spiro atoms. The molecule has 1 aliphatic heterocycles.